The summed E-state index contributed by atoms with van der Waals surface area (Å²) in [5.74, 6) is 0.772. The topological polar surface area (TPSA) is 171 Å². The highest BCUT2D eigenvalue weighted by Crippen LogP contribution is 2.37. The summed E-state index contributed by atoms with van der Waals surface area (Å²) >= 11 is 13.3. The Hall–Kier alpha value is -3.69. The van der Waals surface area contributed by atoms with E-state index in [1.807, 2.05) is 45.9 Å². The Morgan fingerprint density at radius 3 is 2.35 bits per heavy atom. The van der Waals surface area contributed by atoms with E-state index in [1.54, 1.807) is 15.9 Å². The third-order valence-corrected chi connectivity index (χ3v) is 12.4. The number of pyridine rings is 1. The largest absolute Gasteiger partial charge is 0.487 e. The van der Waals surface area contributed by atoms with Crippen LogP contribution in [-0.2, 0) is 26.2 Å². The molecular formula is C38H52Cl2N8O5S. The Balaban J connectivity index is 1.23. The standard InChI is InChI=1S/C38H52Cl2N8O5S/c1-5-42-37(43-6-2)44-18-10-12-30(41)35(49)47-19-21-48(22-20-47)36(50)38(16-7-8-17-38)46-54(51,52)32-15-14-29(39)28(33(32)40)24-53-31-13-9-11-27-25(3)23-26(4)45-34(27)31/h9,11,13-15,23,30,46H,5-8,10,12,16-22,24,41H2,1-4H3,(H2,42,43,44). The molecule has 0 spiro atoms. The van der Waals surface area contributed by atoms with Gasteiger partial charge in [-0.2, -0.15) is 4.72 Å². The fraction of sp³-hybridized carbons (Fsp3) is 0.526. The van der Waals surface area contributed by atoms with E-state index in [4.69, 9.17) is 33.7 Å². The summed E-state index contributed by atoms with van der Waals surface area (Å²) in [6, 6.07) is 9.76. The van der Waals surface area contributed by atoms with Gasteiger partial charge in [0.05, 0.1) is 11.1 Å². The van der Waals surface area contributed by atoms with Gasteiger partial charge in [0.1, 0.15) is 28.3 Å². The molecule has 1 unspecified atom stereocenters. The van der Waals surface area contributed by atoms with Crippen molar-refractivity contribution in [3.05, 3.63) is 63.3 Å². The maximum Gasteiger partial charge on any atom is 0.243 e. The van der Waals surface area contributed by atoms with Crippen LogP contribution in [0, 0.1) is 13.8 Å². The summed E-state index contributed by atoms with van der Waals surface area (Å²) in [5.41, 5.74) is 7.81. The fourth-order valence-corrected chi connectivity index (χ4v) is 9.50. The number of nitrogens with two attached hydrogens (primary N) is 1. The first-order chi connectivity index (χ1) is 25.8. The first kappa shape index (κ1) is 41.5. The number of piperazine rings is 1. The minimum Gasteiger partial charge on any atom is -0.487 e. The molecule has 1 saturated heterocycles. The van der Waals surface area contributed by atoms with Gasteiger partial charge < -0.3 is 30.9 Å². The summed E-state index contributed by atoms with van der Waals surface area (Å²) in [5, 5.41) is 7.45. The molecule has 1 saturated carbocycles. The van der Waals surface area contributed by atoms with E-state index in [0.29, 0.717) is 75.0 Å². The molecule has 2 aliphatic rings. The van der Waals surface area contributed by atoms with Gasteiger partial charge in [-0.05, 0) is 83.2 Å². The number of aryl methyl sites for hydroxylation is 2. The Morgan fingerprint density at radius 1 is 1.02 bits per heavy atom. The molecule has 1 aliphatic heterocycles. The van der Waals surface area contributed by atoms with Crippen molar-refractivity contribution in [2.24, 2.45) is 10.7 Å². The van der Waals surface area contributed by atoms with Crippen molar-refractivity contribution in [3.63, 3.8) is 0 Å². The number of aliphatic imine (C=N–C) groups is 1. The zero-order valence-electron chi connectivity index (χ0n) is 31.5. The number of halogens is 2. The lowest BCUT2D eigenvalue weighted by Gasteiger charge is -2.40. The van der Waals surface area contributed by atoms with E-state index in [2.05, 4.69) is 25.3 Å². The van der Waals surface area contributed by atoms with Crippen molar-refractivity contribution >= 4 is 61.9 Å². The van der Waals surface area contributed by atoms with E-state index in [1.165, 1.54) is 12.1 Å². The number of nitrogens with one attached hydrogen (secondary N) is 3. The van der Waals surface area contributed by atoms with Gasteiger partial charge in [-0.15, -0.1) is 0 Å². The number of sulfonamides is 1. The highest BCUT2D eigenvalue weighted by atomic mass is 35.5. The number of hydrogen-bond donors (Lipinski definition) is 4. The monoisotopic (exact) mass is 802 g/mol. The quantitative estimate of drug-likeness (QED) is 0.103. The zero-order chi connectivity index (χ0) is 39.0. The second kappa shape index (κ2) is 18.3. The highest BCUT2D eigenvalue weighted by Gasteiger charge is 2.47. The van der Waals surface area contributed by atoms with Crippen LogP contribution in [0.3, 0.4) is 0 Å². The average Bonchev–Trinajstić information content (AvgIpc) is 3.61. The van der Waals surface area contributed by atoms with E-state index in [-0.39, 0.29) is 46.5 Å². The minimum atomic E-state index is -4.30. The number of aromatic nitrogens is 1. The Labute approximate surface area is 328 Å². The average molecular weight is 804 g/mol. The predicted molar refractivity (Wildman–Crippen MR) is 214 cm³/mol. The van der Waals surface area contributed by atoms with Crippen LogP contribution in [0.15, 0.2) is 46.3 Å². The van der Waals surface area contributed by atoms with Crippen LogP contribution in [0.2, 0.25) is 10.0 Å². The number of nitrogens with zero attached hydrogens (tertiary/aromatic N) is 4. The lowest BCUT2D eigenvalue weighted by Crippen LogP contribution is -2.62. The Morgan fingerprint density at radius 2 is 1.69 bits per heavy atom. The smallest absolute Gasteiger partial charge is 0.243 e. The first-order valence-corrected chi connectivity index (χ1v) is 20.9. The molecule has 1 aromatic heterocycles. The van der Waals surface area contributed by atoms with Crippen LogP contribution in [0.4, 0.5) is 0 Å². The van der Waals surface area contributed by atoms with Gasteiger partial charge in [-0.25, -0.2) is 13.4 Å². The molecule has 3 aromatic rings. The molecule has 1 aliphatic carbocycles. The molecule has 16 heteroatoms. The van der Waals surface area contributed by atoms with Crippen LogP contribution in [0.1, 0.15) is 69.2 Å². The number of carbonyl (C=O) groups is 2. The van der Waals surface area contributed by atoms with E-state index >= 15 is 0 Å². The maximum atomic E-state index is 14.2. The number of ether oxygens (including phenoxy) is 1. The van der Waals surface area contributed by atoms with Gasteiger partial charge in [0, 0.05) is 67.5 Å². The number of amides is 2. The van der Waals surface area contributed by atoms with Gasteiger partial charge >= 0.3 is 0 Å². The third-order valence-electron chi connectivity index (χ3n) is 9.97. The summed E-state index contributed by atoms with van der Waals surface area (Å²) in [4.78, 5) is 39.6. The predicted octanol–water partition coefficient (Wildman–Crippen LogP) is 4.68. The second-order valence-electron chi connectivity index (χ2n) is 13.9. The summed E-state index contributed by atoms with van der Waals surface area (Å²) in [6.45, 7) is 11.0. The number of benzene rings is 2. The van der Waals surface area contributed by atoms with Crippen LogP contribution in [0.25, 0.3) is 10.9 Å². The van der Waals surface area contributed by atoms with E-state index in [0.717, 1.165) is 35.7 Å². The summed E-state index contributed by atoms with van der Waals surface area (Å²) in [6.07, 6.45) is 3.19. The van der Waals surface area contributed by atoms with Crippen molar-refractivity contribution in [1.29, 1.82) is 0 Å². The summed E-state index contributed by atoms with van der Waals surface area (Å²) < 4.78 is 37.1. The Kier molecular flexibility index (Phi) is 14.1. The molecule has 2 heterocycles. The van der Waals surface area contributed by atoms with Crippen molar-refractivity contribution < 1.29 is 22.7 Å². The zero-order valence-corrected chi connectivity index (χ0v) is 33.8. The van der Waals surface area contributed by atoms with Crippen LogP contribution >= 0.6 is 23.2 Å². The van der Waals surface area contributed by atoms with Crippen LogP contribution < -0.4 is 25.8 Å². The van der Waals surface area contributed by atoms with E-state index in [9.17, 15) is 18.0 Å². The molecule has 1 atom stereocenters. The van der Waals surface area contributed by atoms with Gasteiger partial charge in [-0.1, -0.05) is 48.2 Å². The van der Waals surface area contributed by atoms with Crippen LogP contribution in [0.5, 0.6) is 5.75 Å². The molecule has 0 radical (unpaired) electrons. The minimum absolute atomic E-state index is 0.0814. The van der Waals surface area contributed by atoms with Crippen molar-refractivity contribution in [1.82, 2.24) is 30.1 Å². The third kappa shape index (κ3) is 9.57. The number of carbonyl (C=O) groups excluding carboxylic acids is 2. The molecule has 2 aromatic carbocycles. The molecular weight excluding hydrogens is 751 g/mol. The molecule has 54 heavy (non-hydrogen) atoms. The van der Waals surface area contributed by atoms with Gasteiger partial charge in [0.25, 0.3) is 0 Å². The van der Waals surface area contributed by atoms with Gasteiger partial charge in [0.15, 0.2) is 5.96 Å². The van der Waals surface area contributed by atoms with E-state index < -0.39 is 21.6 Å². The molecule has 5 N–H and O–H groups in total. The molecule has 5 rings (SSSR count). The number of para-hydroxylation sites is 1. The van der Waals surface area contributed by atoms with Gasteiger partial charge in [-0.3, -0.25) is 14.6 Å². The normalized spacial score (nSPS) is 16.3. The fourth-order valence-electron chi connectivity index (χ4n) is 7.19. The van der Waals surface area contributed by atoms with Crippen molar-refractivity contribution in [2.75, 3.05) is 45.8 Å². The lowest BCUT2D eigenvalue weighted by atomic mass is 9.96. The molecule has 2 amide bonds. The van der Waals surface area contributed by atoms with Crippen molar-refractivity contribution in [3.8, 4) is 5.75 Å². The number of hydrogen-bond acceptors (Lipinski definition) is 8. The SMILES string of the molecule is CCNC(=NCCCC(N)C(=O)N1CCN(C(=O)C2(NS(=O)(=O)c3ccc(Cl)c(COc4cccc5c(C)cc(C)nc45)c3Cl)CCCC2)CC1)NCC. The van der Waals surface area contributed by atoms with Crippen molar-refractivity contribution in [2.45, 2.75) is 89.3 Å². The van der Waals surface area contributed by atoms with Crippen LogP contribution in [-0.4, -0.2) is 98.4 Å². The Bertz CT molecular complexity index is 1960. The second-order valence-corrected chi connectivity index (χ2v) is 16.3. The lowest BCUT2D eigenvalue weighted by molar-refractivity contribution is -0.144. The van der Waals surface area contributed by atoms with Gasteiger partial charge in [0.2, 0.25) is 21.8 Å². The number of fused-ring (bicyclic) bond motifs is 1. The molecule has 0 bridgehead atoms. The molecule has 294 valence electrons. The first-order valence-electron chi connectivity index (χ1n) is 18.7. The molecule has 2 fully saturated rings. The molecule has 13 nitrogen and oxygen atoms in total. The maximum absolute atomic E-state index is 14.2. The number of guanidine groups is 1. The highest BCUT2D eigenvalue weighted by molar-refractivity contribution is 7.89. The number of rotatable bonds is 14. The summed E-state index contributed by atoms with van der Waals surface area (Å²) in [7, 11) is -4.30.